The van der Waals surface area contributed by atoms with E-state index in [0.717, 1.165) is 4.47 Å². The van der Waals surface area contributed by atoms with Gasteiger partial charge in [-0.05, 0) is 39.2 Å². The van der Waals surface area contributed by atoms with Crippen LogP contribution in [0.5, 0.6) is 5.75 Å². The van der Waals surface area contributed by atoms with Gasteiger partial charge in [0.25, 0.3) is 5.91 Å². The number of halogens is 1. The highest BCUT2D eigenvalue weighted by Gasteiger charge is 2.14. The minimum absolute atomic E-state index is 0.123. The van der Waals surface area contributed by atoms with Crippen molar-refractivity contribution in [2.45, 2.75) is 13.0 Å². The molecule has 1 amide bonds. The molecule has 0 heterocycles. The number of carbonyl (C=O) groups is 1. The van der Waals surface area contributed by atoms with Gasteiger partial charge in [0.15, 0.2) is 0 Å². The first-order valence-electron chi connectivity index (χ1n) is 5.74. The first-order valence-corrected chi connectivity index (χ1v) is 6.53. The third-order valence-corrected chi connectivity index (χ3v) is 3.34. The van der Waals surface area contributed by atoms with Crippen LogP contribution in [0.25, 0.3) is 0 Å². The van der Waals surface area contributed by atoms with Crippen molar-refractivity contribution in [1.29, 1.82) is 0 Å². The number of ether oxygens (including phenoxy) is 1. The van der Waals surface area contributed by atoms with Crippen LogP contribution in [-0.4, -0.2) is 44.6 Å². The molecule has 0 saturated heterocycles. The number of likely N-dealkylation sites (N-methyl/N-ethyl adjacent to an activating group) is 1. The molecule has 5 heteroatoms. The average molecular weight is 315 g/mol. The van der Waals surface area contributed by atoms with E-state index in [0.29, 0.717) is 17.9 Å². The third-order valence-electron chi connectivity index (χ3n) is 2.85. The zero-order chi connectivity index (χ0) is 13.7. The van der Waals surface area contributed by atoms with Crippen molar-refractivity contribution in [2.75, 3.05) is 27.7 Å². The molecule has 0 fully saturated rings. The minimum Gasteiger partial charge on any atom is -0.496 e. The molecule has 0 saturated carbocycles. The molecule has 1 unspecified atom stereocenters. The summed E-state index contributed by atoms with van der Waals surface area (Å²) >= 11 is 3.35. The zero-order valence-electron chi connectivity index (χ0n) is 11.2. The van der Waals surface area contributed by atoms with Gasteiger partial charge < -0.3 is 15.0 Å². The average Bonchev–Trinajstić information content (AvgIpc) is 2.35. The highest BCUT2D eigenvalue weighted by atomic mass is 79.9. The summed E-state index contributed by atoms with van der Waals surface area (Å²) in [4.78, 5) is 14.1. The fourth-order valence-corrected chi connectivity index (χ4v) is 1.74. The summed E-state index contributed by atoms with van der Waals surface area (Å²) in [7, 11) is 5.52. The molecular formula is C13H19BrN2O2. The normalized spacial score (nSPS) is 12.3. The van der Waals surface area contributed by atoms with Gasteiger partial charge in [0.1, 0.15) is 5.75 Å². The Morgan fingerprint density at radius 3 is 2.72 bits per heavy atom. The van der Waals surface area contributed by atoms with Crippen LogP contribution >= 0.6 is 15.9 Å². The zero-order valence-corrected chi connectivity index (χ0v) is 12.7. The van der Waals surface area contributed by atoms with Crippen molar-refractivity contribution < 1.29 is 9.53 Å². The summed E-state index contributed by atoms with van der Waals surface area (Å²) in [5, 5.41) is 2.90. The second kappa shape index (κ2) is 6.75. The van der Waals surface area contributed by atoms with Gasteiger partial charge in [0, 0.05) is 17.1 Å². The number of amides is 1. The summed E-state index contributed by atoms with van der Waals surface area (Å²) in [6, 6.07) is 5.66. The number of hydrogen-bond donors (Lipinski definition) is 1. The van der Waals surface area contributed by atoms with Crippen LogP contribution in [0.3, 0.4) is 0 Å². The highest BCUT2D eigenvalue weighted by molar-refractivity contribution is 9.10. The molecule has 100 valence electrons. The Labute approximate surface area is 116 Å². The molecule has 0 aliphatic rings. The van der Waals surface area contributed by atoms with Crippen LogP contribution in [-0.2, 0) is 0 Å². The van der Waals surface area contributed by atoms with Gasteiger partial charge in [-0.15, -0.1) is 0 Å². The second-order valence-electron chi connectivity index (χ2n) is 4.37. The fraction of sp³-hybridized carbons (Fsp3) is 0.462. The minimum atomic E-state index is -0.123. The van der Waals surface area contributed by atoms with Gasteiger partial charge in [0.05, 0.1) is 12.7 Å². The standard InChI is InChI=1S/C13H19BrN2O2/c1-9(16(2)3)8-15-13(17)11-7-10(14)5-6-12(11)18-4/h5-7,9H,8H2,1-4H3,(H,15,17). The Morgan fingerprint density at radius 2 is 2.17 bits per heavy atom. The molecule has 0 aliphatic heterocycles. The Balaban J connectivity index is 2.75. The Kier molecular flexibility index (Phi) is 5.62. The van der Waals surface area contributed by atoms with Crippen LogP contribution in [0.2, 0.25) is 0 Å². The molecule has 0 radical (unpaired) electrons. The fourth-order valence-electron chi connectivity index (χ4n) is 1.38. The maximum absolute atomic E-state index is 12.1. The lowest BCUT2D eigenvalue weighted by atomic mass is 10.2. The molecule has 18 heavy (non-hydrogen) atoms. The van der Waals surface area contributed by atoms with Crippen LogP contribution in [0.4, 0.5) is 0 Å². The van der Waals surface area contributed by atoms with Crippen LogP contribution in [0, 0.1) is 0 Å². The van der Waals surface area contributed by atoms with E-state index >= 15 is 0 Å². The van der Waals surface area contributed by atoms with E-state index in [1.807, 2.05) is 20.2 Å². The molecule has 0 aliphatic carbocycles. The van der Waals surface area contributed by atoms with Gasteiger partial charge in [-0.3, -0.25) is 4.79 Å². The van der Waals surface area contributed by atoms with Crippen molar-refractivity contribution >= 4 is 21.8 Å². The predicted molar refractivity (Wildman–Crippen MR) is 76.2 cm³/mol. The lowest BCUT2D eigenvalue weighted by Crippen LogP contribution is -2.38. The first-order chi connectivity index (χ1) is 8.45. The highest BCUT2D eigenvalue weighted by Crippen LogP contribution is 2.22. The molecule has 0 spiro atoms. The SMILES string of the molecule is COc1ccc(Br)cc1C(=O)NCC(C)N(C)C. The smallest absolute Gasteiger partial charge is 0.255 e. The topological polar surface area (TPSA) is 41.6 Å². The van der Waals surface area contributed by atoms with Crippen molar-refractivity contribution in [3.63, 3.8) is 0 Å². The van der Waals surface area contributed by atoms with E-state index in [4.69, 9.17) is 4.74 Å². The summed E-state index contributed by atoms with van der Waals surface area (Å²) in [6.45, 7) is 2.65. The van der Waals surface area contributed by atoms with E-state index in [9.17, 15) is 4.79 Å². The van der Waals surface area contributed by atoms with E-state index < -0.39 is 0 Å². The number of nitrogens with one attached hydrogen (secondary N) is 1. The number of rotatable bonds is 5. The van der Waals surface area contributed by atoms with Gasteiger partial charge in [-0.2, -0.15) is 0 Å². The molecule has 4 nitrogen and oxygen atoms in total. The summed E-state index contributed by atoms with van der Waals surface area (Å²) in [5.41, 5.74) is 0.540. The predicted octanol–water partition coefficient (Wildman–Crippen LogP) is 2.14. The van der Waals surface area contributed by atoms with E-state index in [2.05, 4.69) is 33.1 Å². The van der Waals surface area contributed by atoms with Crippen LogP contribution < -0.4 is 10.1 Å². The van der Waals surface area contributed by atoms with Gasteiger partial charge in [-0.25, -0.2) is 0 Å². The molecule has 0 aromatic heterocycles. The maximum Gasteiger partial charge on any atom is 0.255 e. The molecule has 1 N–H and O–H groups in total. The number of benzene rings is 1. The van der Waals surface area contributed by atoms with Crippen molar-refractivity contribution in [3.8, 4) is 5.75 Å². The number of carbonyl (C=O) groups excluding carboxylic acids is 1. The summed E-state index contributed by atoms with van der Waals surface area (Å²) in [5.74, 6) is 0.454. The Bertz CT molecular complexity index is 421. The Hall–Kier alpha value is -1.07. The molecule has 1 atom stereocenters. The van der Waals surface area contributed by atoms with Crippen molar-refractivity contribution in [3.05, 3.63) is 28.2 Å². The third kappa shape index (κ3) is 3.99. The number of hydrogen-bond acceptors (Lipinski definition) is 3. The summed E-state index contributed by atoms with van der Waals surface area (Å²) < 4.78 is 6.04. The Morgan fingerprint density at radius 1 is 1.50 bits per heavy atom. The molecule has 1 aromatic carbocycles. The largest absolute Gasteiger partial charge is 0.496 e. The van der Waals surface area contributed by atoms with E-state index in [-0.39, 0.29) is 11.9 Å². The van der Waals surface area contributed by atoms with Gasteiger partial charge in [0.2, 0.25) is 0 Å². The second-order valence-corrected chi connectivity index (χ2v) is 5.28. The molecule has 0 bridgehead atoms. The quantitative estimate of drug-likeness (QED) is 0.905. The maximum atomic E-state index is 12.1. The van der Waals surface area contributed by atoms with Crippen LogP contribution in [0.15, 0.2) is 22.7 Å². The van der Waals surface area contributed by atoms with E-state index in [1.165, 1.54) is 0 Å². The molecular weight excluding hydrogens is 296 g/mol. The molecule has 1 aromatic rings. The van der Waals surface area contributed by atoms with Gasteiger partial charge >= 0.3 is 0 Å². The number of methoxy groups -OCH3 is 1. The van der Waals surface area contributed by atoms with Crippen LogP contribution in [0.1, 0.15) is 17.3 Å². The summed E-state index contributed by atoms with van der Waals surface area (Å²) in [6.07, 6.45) is 0. The lowest BCUT2D eigenvalue weighted by Gasteiger charge is -2.20. The monoisotopic (exact) mass is 314 g/mol. The number of nitrogens with zero attached hydrogens (tertiary/aromatic N) is 1. The first kappa shape index (κ1) is 15.0. The van der Waals surface area contributed by atoms with Gasteiger partial charge in [-0.1, -0.05) is 15.9 Å². The van der Waals surface area contributed by atoms with E-state index in [1.54, 1.807) is 19.2 Å². The molecule has 1 rings (SSSR count). The van der Waals surface area contributed by atoms with Crippen molar-refractivity contribution in [2.24, 2.45) is 0 Å². The van der Waals surface area contributed by atoms with Crippen molar-refractivity contribution in [1.82, 2.24) is 10.2 Å². The lowest BCUT2D eigenvalue weighted by molar-refractivity contribution is 0.0940.